The molecule has 0 aliphatic heterocycles. The van der Waals surface area contributed by atoms with Crippen molar-refractivity contribution in [3.8, 4) is 0 Å². The molecule has 1 saturated carbocycles. The number of carbonyl (C=O) groups is 3. The highest BCUT2D eigenvalue weighted by Crippen LogP contribution is 2.35. The number of ether oxygens (including phenoxy) is 1. The number of aryl methyl sites for hydroxylation is 1. The molecular formula is C26H30N4O5. The molecule has 0 spiro atoms. The first-order chi connectivity index (χ1) is 16.8. The van der Waals surface area contributed by atoms with E-state index in [4.69, 9.17) is 9.15 Å². The Kier molecular flexibility index (Phi) is 7.45. The number of nitrogens with one attached hydrogen (secondary N) is 3. The summed E-state index contributed by atoms with van der Waals surface area (Å²) in [6, 6.07) is 8.52. The van der Waals surface area contributed by atoms with Gasteiger partial charge in [0.05, 0.1) is 0 Å². The van der Waals surface area contributed by atoms with Gasteiger partial charge in [0.25, 0.3) is 5.91 Å². The topological polar surface area (TPSA) is 123 Å². The molecule has 1 aliphatic carbocycles. The Labute approximate surface area is 203 Å². The van der Waals surface area contributed by atoms with Crippen LogP contribution < -0.4 is 16.0 Å². The van der Waals surface area contributed by atoms with Crippen molar-refractivity contribution in [3.05, 3.63) is 47.9 Å². The van der Waals surface area contributed by atoms with Gasteiger partial charge < -0.3 is 25.1 Å². The van der Waals surface area contributed by atoms with Crippen LogP contribution in [0, 0.1) is 18.8 Å². The average molecular weight is 479 g/mol. The fourth-order valence-electron chi connectivity index (χ4n) is 4.25. The SMILES string of the molecule is COCC(=O)Nc1ccc2oc(C(=O)Nc3ccc(C)cn3)c(NC(=O)C3CCC(C)CC3)c2c1. The van der Waals surface area contributed by atoms with E-state index in [9.17, 15) is 14.4 Å². The molecule has 3 aromatic rings. The number of pyridine rings is 1. The minimum Gasteiger partial charge on any atom is -0.449 e. The number of hydrogen-bond donors (Lipinski definition) is 3. The highest BCUT2D eigenvalue weighted by molar-refractivity contribution is 6.15. The van der Waals surface area contributed by atoms with Gasteiger partial charge in [-0.1, -0.05) is 13.0 Å². The number of hydrogen-bond acceptors (Lipinski definition) is 6. The van der Waals surface area contributed by atoms with Gasteiger partial charge in [-0.2, -0.15) is 0 Å². The van der Waals surface area contributed by atoms with E-state index in [1.54, 1.807) is 30.5 Å². The molecule has 0 unspecified atom stereocenters. The number of benzene rings is 1. The number of aromatic nitrogens is 1. The van der Waals surface area contributed by atoms with Crippen LogP contribution in [0.5, 0.6) is 0 Å². The molecule has 3 amide bonds. The lowest BCUT2D eigenvalue weighted by atomic mass is 9.82. The molecule has 3 N–H and O–H groups in total. The summed E-state index contributed by atoms with van der Waals surface area (Å²) in [5, 5.41) is 8.93. The van der Waals surface area contributed by atoms with E-state index in [1.807, 2.05) is 13.0 Å². The first kappa shape index (κ1) is 24.4. The van der Waals surface area contributed by atoms with Crippen LogP contribution in [0.3, 0.4) is 0 Å². The van der Waals surface area contributed by atoms with Crippen molar-refractivity contribution >= 4 is 45.9 Å². The third kappa shape index (κ3) is 5.86. The summed E-state index contributed by atoms with van der Waals surface area (Å²) in [5.41, 5.74) is 2.14. The molecule has 0 bridgehead atoms. The zero-order chi connectivity index (χ0) is 24.9. The van der Waals surface area contributed by atoms with E-state index >= 15 is 0 Å². The molecule has 2 heterocycles. The fraction of sp³-hybridized carbons (Fsp3) is 0.385. The molecule has 1 fully saturated rings. The number of amides is 3. The minimum absolute atomic E-state index is 0.0275. The Bertz CT molecular complexity index is 1230. The Morgan fingerprint density at radius 1 is 1.06 bits per heavy atom. The van der Waals surface area contributed by atoms with E-state index in [2.05, 4.69) is 27.9 Å². The van der Waals surface area contributed by atoms with Crippen LogP contribution in [0.2, 0.25) is 0 Å². The molecule has 1 aliphatic rings. The largest absolute Gasteiger partial charge is 0.449 e. The number of anilines is 3. The number of carbonyl (C=O) groups excluding carboxylic acids is 3. The summed E-state index contributed by atoms with van der Waals surface area (Å²) in [7, 11) is 1.44. The second-order valence-corrected chi connectivity index (χ2v) is 9.12. The lowest BCUT2D eigenvalue weighted by Gasteiger charge is -2.25. The number of fused-ring (bicyclic) bond motifs is 1. The second kappa shape index (κ2) is 10.7. The van der Waals surface area contributed by atoms with Gasteiger partial charge in [0, 0.05) is 30.3 Å². The van der Waals surface area contributed by atoms with Gasteiger partial charge in [-0.3, -0.25) is 14.4 Å². The molecule has 0 atom stereocenters. The molecule has 1 aromatic carbocycles. The standard InChI is InChI=1S/C26H30N4O5/c1-15-4-7-17(8-5-15)25(32)30-23-19-12-18(28-22(31)14-34-3)9-10-20(19)35-24(23)26(33)29-21-11-6-16(2)13-27-21/h6,9-13,15,17H,4-5,7-8,14H2,1-3H3,(H,28,31)(H,30,32)(H,27,29,33). The van der Waals surface area contributed by atoms with Crippen LogP contribution in [-0.4, -0.2) is 36.4 Å². The molecule has 9 heteroatoms. The maximum absolute atomic E-state index is 13.2. The third-order valence-electron chi connectivity index (χ3n) is 6.24. The fourth-order valence-corrected chi connectivity index (χ4v) is 4.25. The van der Waals surface area contributed by atoms with Crippen molar-refractivity contribution in [1.29, 1.82) is 0 Å². The predicted molar refractivity (Wildman–Crippen MR) is 133 cm³/mol. The Hall–Kier alpha value is -3.72. The second-order valence-electron chi connectivity index (χ2n) is 9.12. The number of nitrogens with zero attached hydrogens (tertiary/aromatic N) is 1. The van der Waals surface area contributed by atoms with Crippen molar-refractivity contribution in [3.63, 3.8) is 0 Å². The van der Waals surface area contributed by atoms with Gasteiger partial charge in [0.1, 0.15) is 23.7 Å². The van der Waals surface area contributed by atoms with Crippen LogP contribution in [0.25, 0.3) is 11.0 Å². The van der Waals surface area contributed by atoms with Gasteiger partial charge in [0.15, 0.2) is 0 Å². The van der Waals surface area contributed by atoms with Crippen molar-refractivity contribution < 1.29 is 23.5 Å². The van der Waals surface area contributed by atoms with E-state index in [1.165, 1.54) is 7.11 Å². The summed E-state index contributed by atoms with van der Waals surface area (Å²) in [6.07, 6.45) is 5.24. The summed E-state index contributed by atoms with van der Waals surface area (Å²) < 4.78 is 10.7. The smallest absolute Gasteiger partial charge is 0.294 e. The van der Waals surface area contributed by atoms with Crippen LogP contribution >= 0.6 is 0 Å². The van der Waals surface area contributed by atoms with Gasteiger partial charge in [-0.15, -0.1) is 0 Å². The van der Waals surface area contributed by atoms with Gasteiger partial charge in [0.2, 0.25) is 17.6 Å². The highest BCUT2D eigenvalue weighted by Gasteiger charge is 2.28. The summed E-state index contributed by atoms with van der Waals surface area (Å²) in [6.45, 7) is 4.00. The van der Waals surface area contributed by atoms with Gasteiger partial charge in [-0.05, 0) is 68.4 Å². The zero-order valence-corrected chi connectivity index (χ0v) is 20.1. The Morgan fingerprint density at radius 2 is 1.83 bits per heavy atom. The maximum atomic E-state index is 13.2. The molecule has 0 saturated heterocycles. The molecule has 9 nitrogen and oxygen atoms in total. The third-order valence-corrected chi connectivity index (χ3v) is 6.24. The predicted octanol–water partition coefficient (Wildman–Crippen LogP) is 4.74. The average Bonchev–Trinajstić information content (AvgIpc) is 3.19. The number of methoxy groups -OCH3 is 1. The van der Waals surface area contributed by atoms with Crippen molar-refractivity contribution in [1.82, 2.24) is 4.98 Å². The Morgan fingerprint density at radius 3 is 2.51 bits per heavy atom. The number of furan rings is 1. The monoisotopic (exact) mass is 478 g/mol. The van der Waals surface area contributed by atoms with E-state index < -0.39 is 5.91 Å². The van der Waals surface area contributed by atoms with Gasteiger partial charge in [-0.25, -0.2) is 4.98 Å². The van der Waals surface area contributed by atoms with Crippen LogP contribution in [0.15, 0.2) is 40.9 Å². The van der Waals surface area contributed by atoms with E-state index in [-0.39, 0.29) is 35.8 Å². The zero-order valence-electron chi connectivity index (χ0n) is 20.1. The van der Waals surface area contributed by atoms with Crippen molar-refractivity contribution in [2.24, 2.45) is 11.8 Å². The molecular weight excluding hydrogens is 448 g/mol. The lowest BCUT2D eigenvalue weighted by Crippen LogP contribution is -2.27. The quantitative estimate of drug-likeness (QED) is 0.451. The lowest BCUT2D eigenvalue weighted by molar-refractivity contribution is -0.121. The molecule has 0 radical (unpaired) electrons. The summed E-state index contributed by atoms with van der Waals surface area (Å²) in [4.78, 5) is 42.5. The Balaban J connectivity index is 1.66. The molecule has 4 rings (SSSR count). The number of rotatable bonds is 7. The van der Waals surface area contributed by atoms with Gasteiger partial charge >= 0.3 is 0 Å². The van der Waals surface area contributed by atoms with Crippen molar-refractivity contribution in [2.45, 2.75) is 39.5 Å². The van der Waals surface area contributed by atoms with Crippen LogP contribution in [-0.2, 0) is 14.3 Å². The maximum Gasteiger partial charge on any atom is 0.294 e. The van der Waals surface area contributed by atoms with E-state index in [0.29, 0.717) is 28.4 Å². The van der Waals surface area contributed by atoms with Crippen LogP contribution in [0.4, 0.5) is 17.2 Å². The minimum atomic E-state index is -0.532. The molecule has 2 aromatic heterocycles. The molecule has 35 heavy (non-hydrogen) atoms. The highest BCUT2D eigenvalue weighted by atomic mass is 16.5. The normalized spacial score (nSPS) is 17.7. The van der Waals surface area contributed by atoms with E-state index in [0.717, 1.165) is 31.2 Å². The first-order valence-electron chi connectivity index (χ1n) is 11.7. The summed E-state index contributed by atoms with van der Waals surface area (Å²) in [5.74, 6) is -0.176. The molecule has 184 valence electrons. The van der Waals surface area contributed by atoms with Crippen molar-refractivity contribution in [2.75, 3.05) is 29.7 Å². The first-order valence-corrected chi connectivity index (χ1v) is 11.7. The summed E-state index contributed by atoms with van der Waals surface area (Å²) >= 11 is 0. The van der Waals surface area contributed by atoms with Crippen LogP contribution in [0.1, 0.15) is 48.7 Å².